The Morgan fingerprint density at radius 3 is 3.00 bits per heavy atom. The van der Waals surface area contributed by atoms with Gasteiger partial charge in [0.25, 0.3) is 0 Å². The van der Waals surface area contributed by atoms with Crippen LogP contribution < -0.4 is 10.1 Å². The molecule has 1 aromatic rings. The van der Waals surface area contributed by atoms with Gasteiger partial charge in [0.2, 0.25) is 0 Å². The lowest BCUT2D eigenvalue weighted by atomic mass is 10.1. The zero-order valence-corrected chi connectivity index (χ0v) is 13.0. The van der Waals surface area contributed by atoms with Crippen molar-refractivity contribution in [3.8, 4) is 18.1 Å². The van der Waals surface area contributed by atoms with E-state index in [4.69, 9.17) is 11.2 Å². The smallest absolute Gasteiger partial charge is 0.148 e. The van der Waals surface area contributed by atoms with Crippen molar-refractivity contribution in [1.82, 2.24) is 5.32 Å². The number of hydrogen-bond acceptors (Lipinski definition) is 3. The summed E-state index contributed by atoms with van der Waals surface area (Å²) in [5.74, 6) is 3.66. The largest absolute Gasteiger partial charge is 0.481 e. The Kier molecular flexibility index (Phi) is 5.90. The lowest BCUT2D eigenvalue weighted by Crippen LogP contribution is -2.27. The van der Waals surface area contributed by atoms with Crippen LogP contribution in [-0.4, -0.2) is 24.4 Å². The molecule has 4 heteroatoms. The number of aliphatic hydroxyl groups excluding tert-OH is 1. The summed E-state index contributed by atoms with van der Waals surface area (Å²) in [5.41, 5.74) is 1.07. The van der Waals surface area contributed by atoms with Crippen LogP contribution in [-0.2, 0) is 6.54 Å². The van der Waals surface area contributed by atoms with Crippen molar-refractivity contribution in [3.05, 3.63) is 28.2 Å². The topological polar surface area (TPSA) is 41.5 Å². The second kappa shape index (κ2) is 7.68. The number of halogens is 1. The lowest BCUT2D eigenvalue weighted by Gasteiger charge is -2.16. The predicted octanol–water partition coefficient (Wildman–Crippen LogP) is 2.71. The van der Waals surface area contributed by atoms with Crippen LogP contribution in [0.15, 0.2) is 22.7 Å². The molecule has 3 nitrogen and oxygen atoms in total. The third-order valence-corrected chi connectivity index (χ3v) is 4.17. The summed E-state index contributed by atoms with van der Waals surface area (Å²) in [6, 6.07) is 5.89. The third kappa shape index (κ3) is 4.24. The molecule has 0 saturated heterocycles. The number of rotatable bonds is 6. The molecule has 2 unspecified atom stereocenters. The van der Waals surface area contributed by atoms with Gasteiger partial charge in [-0.15, -0.1) is 6.42 Å². The molecule has 2 rings (SSSR count). The van der Waals surface area contributed by atoms with Crippen molar-refractivity contribution >= 4 is 15.9 Å². The minimum absolute atomic E-state index is 0.151. The fourth-order valence-electron chi connectivity index (χ4n) is 2.59. The quantitative estimate of drug-likeness (QED) is 0.784. The second-order valence-electron chi connectivity index (χ2n) is 5.13. The molecule has 20 heavy (non-hydrogen) atoms. The summed E-state index contributed by atoms with van der Waals surface area (Å²) in [6.07, 6.45) is 8.24. The Bertz CT molecular complexity index is 484. The molecule has 1 aliphatic rings. The minimum Gasteiger partial charge on any atom is -0.481 e. The van der Waals surface area contributed by atoms with E-state index in [-0.39, 0.29) is 12.7 Å². The molecule has 0 aromatic heterocycles. The average molecular weight is 338 g/mol. The molecule has 1 aromatic carbocycles. The number of hydrogen-bond donors (Lipinski definition) is 2. The van der Waals surface area contributed by atoms with Gasteiger partial charge in [-0.05, 0) is 37.0 Å². The summed E-state index contributed by atoms with van der Waals surface area (Å²) >= 11 is 3.47. The van der Waals surface area contributed by atoms with Crippen molar-refractivity contribution in [1.29, 1.82) is 0 Å². The van der Waals surface area contributed by atoms with Gasteiger partial charge in [-0.2, -0.15) is 0 Å². The van der Waals surface area contributed by atoms with Gasteiger partial charge < -0.3 is 15.2 Å². The highest BCUT2D eigenvalue weighted by molar-refractivity contribution is 9.10. The van der Waals surface area contributed by atoms with Gasteiger partial charge in [0.05, 0.1) is 6.10 Å². The maximum atomic E-state index is 9.81. The van der Waals surface area contributed by atoms with Crippen LogP contribution in [0.2, 0.25) is 0 Å². The number of nitrogens with one attached hydrogen (secondary N) is 1. The van der Waals surface area contributed by atoms with Crippen molar-refractivity contribution in [2.75, 3.05) is 13.2 Å². The van der Waals surface area contributed by atoms with Crippen LogP contribution in [0.3, 0.4) is 0 Å². The first-order chi connectivity index (χ1) is 9.70. The molecule has 1 saturated carbocycles. The van der Waals surface area contributed by atoms with E-state index < -0.39 is 0 Å². The van der Waals surface area contributed by atoms with E-state index in [1.807, 2.05) is 18.2 Å². The van der Waals surface area contributed by atoms with Crippen LogP contribution in [0.4, 0.5) is 0 Å². The van der Waals surface area contributed by atoms with Gasteiger partial charge in [-0.3, -0.25) is 0 Å². The van der Waals surface area contributed by atoms with Crippen LogP contribution in [0.25, 0.3) is 0 Å². The number of aliphatic hydroxyl groups is 1. The Morgan fingerprint density at radius 1 is 1.45 bits per heavy atom. The molecule has 2 atom stereocenters. The first-order valence-electron chi connectivity index (χ1n) is 6.94. The van der Waals surface area contributed by atoms with Crippen LogP contribution in [0, 0.1) is 18.3 Å². The van der Waals surface area contributed by atoms with Gasteiger partial charge >= 0.3 is 0 Å². The molecule has 0 aliphatic heterocycles. The van der Waals surface area contributed by atoms with E-state index in [1.54, 1.807) is 0 Å². The molecule has 0 radical (unpaired) electrons. The second-order valence-corrected chi connectivity index (χ2v) is 6.05. The van der Waals surface area contributed by atoms with Gasteiger partial charge in [-0.25, -0.2) is 0 Å². The summed E-state index contributed by atoms with van der Waals surface area (Å²) in [7, 11) is 0. The zero-order chi connectivity index (χ0) is 14.4. The van der Waals surface area contributed by atoms with E-state index in [0.29, 0.717) is 12.5 Å². The highest BCUT2D eigenvalue weighted by Gasteiger charge is 2.24. The predicted molar refractivity (Wildman–Crippen MR) is 83.5 cm³/mol. The van der Waals surface area contributed by atoms with E-state index >= 15 is 0 Å². The Hall–Kier alpha value is -1.02. The molecule has 1 aliphatic carbocycles. The minimum atomic E-state index is -0.151. The van der Waals surface area contributed by atoms with Gasteiger partial charge in [-0.1, -0.05) is 28.3 Å². The standard InChI is InChI=1S/C16H20BrNO2/c1-2-8-20-16-7-6-14(17)9-13(16)11-18-10-12-4-3-5-15(12)19/h1,6-7,9,12,15,18-19H,3-5,8,10-11H2. The van der Waals surface area contributed by atoms with Crippen molar-refractivity contribution in [2.45, 2.75) is 31.9 Å². The van der Waals surface area contributed by atoms with Crippen LogP contribution in [0.1, 0.15) is 24.8 Å². The molecule has 0 amide bonds. The molecular formula is C16H20BrNO2. The molecule has 108 valence electrons. The normalized spacial score (nSPS) is 21.6. The fourth-order valence-corrected chi connectivity index (χ4v) is 3.00. The Morgan fingerprint density at radius 2 is 2.30 bits per heavy atom. The first kappa shape index (κ1) is 15.4. The van der Waals surface area contributed by atoms with E-state index in [9.17, 15) is 5.11 Å². The van der Waals surface area contributed by atoms with Crippen LogP contribution in [0.5, 0.6) is 5.75 Å². The maximum Gasteiger partial charge on any atom is 0.148 e. The maximum absolute atomic E-state index is 9.81. The van der Waals surface area contributed by atoms with Crippen molar-refractivity contribution < 1.29 is 9.84 Å². The van der Waals surface area contributed by atoms with Crippen molar-refractivity contribution in [2.24, 2.45) is 5.92 Å². The van der Waals surface area contributed by atoms with Crippen LogP contribution >= 0.6 is 15.9 Å². The molecule has 2 N–H and O–H groups in total. The summed E-state index contributed by atoms with van der Waals surface area (Å²) < 4.78 is 6.56. The summed E-state index contributed by atoms with van der Waals surface area (Å²) in [6.45, 7) is 1.82. The monoisotopic (exact) mass is 337 g/mol. The highest BCUT2D eigenvalue weighted by Crippen LogP contribution is 2.26. The fraction of sp³-hybridized carbons (Fsp3) is 0.500. The van der Waals surface area contributed by atoms with E-state index in [1.165, 1.54) is 0 Å². The average Bonchev–Trinajstić information content (AvgIpc) is 2.84. The molecule has 0 bridgehead atoms. The molecular weight excluding hydrogens is 318 g/mol. The van der Waals surface area contributed by atoms with Gasteiger partial charge in [0.1, 0.15) is 12.4 Å². The summed E-state index contributed by atoms with van der Waals surface area (Å²) in [5, 5.41) is 13.2. The zero-order valence-electron chi connectivity index (χ0n) is 11.4. The lowest BCUT2D eigenvalue weighted by molar-refractivity contribution is 0.131. The molecule has 0 spiro atoms. The van der Waals surface area contributed by atoms with Gasteiger partial charge in [0.15, 0.2) is 0 Å². The summed E-state index contributed by atoms with van der Waals surface area (Å²) in [4.78, 5) is 0. The van der Waals surface area contributed by atoms with Crippen molar-refractivity contribution in [3.63, 3.8) is 0 Å². The third-order valence-electron chi connectivity index (χ3n) is 3.67. The molecule has 1 fully saturated rings. The van der Waals surface area contributed by atoms with Gasteiger partial charge in [0, 0.05) is 23.1 Å². The SMILES string of the molecule is C#CCOc1ccc(Br)cc1CNCC1CCCC1O. The van der Waals surface area contributed by atoms with E-state index in [0.717, 1.165) is 41.6 Å². The number of benzene rings is 1. The number of terminal acetylenes is 1. The Labute approximate surface area is 128 Å². The Balaban J connectivity index is 1.90. The molecule has 0 heterocycles. The van der Waals surface area contributed by atoms with E-state index in [2.05, 4.69) is 27.2 Å². The first-order valence-corrected chi connectivity index (χ1v) is 7.73. The number of ether oxygens (including phenoxy) is 1. The highest BCUT2D eigenvalue weighted by atomic mass is 79.9.